The molecule has 0 aliphatic carbocycles. The van der Waals surface area contributed by atoms with E-state index < -0.39 is 0 Å². The van der Waals surface area contributed by atoms with Gasteiger partial charge in [-0.15, -0.1) is 0 Å². The normalized spacial score (nSPS) is 11.9. The fourth-order valence-electron chi connectivity index (χ4n) is 2.91. The predicted octanol–water partition coefficient (Wildman–Crippen LogP) is 4.02. The van der Waals surface area contributed by atoms with E-state index in [9.17, 15) is 4.79 Å². The second-order valence-corrected chi connectivity index (χ2v) is 6.16. The summed E-state index contributed by atoms with van der Waals surface area (Å²) in [5.41, 5.74) is 4.07. The van der Waals surface area contributed by atoms with E-state index in [4.69, 9.17) is 4.52 Å². The Bertz CT molecular complexity index is 1040. The lowest BCUT2D eigenvalue weighted by Crippen LogP contribution is -2.26. The number of rotatable bonds is 5. The molecular formula is C21H18N4O2. The van der Waals surface area contributed by atoms with Gasteiger partial charge < -0.3 is 9.84 Å². The SMILES string of the molecule is CC(NC(=O)c1cccc(-n2nccc2-c2ccccc2)c1)c1ccon1. The van der Waals surface area contributed by atoms with Gasteiger partial charge in [0, 0.05) is 17.2 Å². The number of aromatic nitrogens is 3. The van der Waals surface area contributed by atoms with Crippen LogP contribution < -0.4 is 5.32 Å². The van der Waals surface area contributed by atoms with Gasteiger partial charge in [-0.25, -0.2) is 4.68 Å². The Labute approximate surface area is 156 Å². The third-order valence-electron chi connectivity index (χ3n) is 4.31. The van der Waals surface area contributed by atoms with Crippen LogP contribution in [0.5, 0.6) is 0 Å². The molecule has 6 nitrogen and oxygen atoms in total. The largest absolute Gasteiger partial charge is 0.364 e. The van der Waals surface area contributed by atoms with E-state index in [2.05, 4.69) is 15.6 Å². The smallest absolute Gasteiger partial charge is 0.251 e. The van der Waals surface area contributed by atoms with E-state index in [1.807, 2.05) is 66.2 Å². The van der Waals surface area contributed by atoms with Crippen LogP contribution in [-0.2, 0) is 0 Å². The van der Waals surface area contributed by atoms with Gasteiger partial charge in [0.2, 0.25) is 0 Å². The second-order valence-electron chi connectivity index (χ2n) is 6.16. The van der Waals surface area contributed by atoms with Gasteiger partial charge in [0.25, 0.3) is 5.91 Å². The Kier molecular flexibility index (Phi) is 4.53. The zero-order chi connectivity index (χ0) is 18.6. The monoisotopic (exact) mass is 358 g/mol. The minimum absolute atomic E-state index is 0.180. The number of nitrogens with zero attached hydrogens (tertiary/aromatic N) is 3. The van der Waals surface area contributed by atoms with E-state index in [1.165, 1.54) is 6.26 Å². The Balaban J connectivity index is 1.60. The number of carbonyl (C=O) groups is 1. The quantitative estimate of drug-likeness (QED) is 0.585. The van der Waals surface area contributed by atoms with Crippen molar-refractivity contribution in [2.24, 2.45) is 0 Å². The molecule has 2 aromatic carbocycles. The summed E-state index contributed by atoms with van der Waals surface area (Å²) in [7, 11) is 0. The maximum absolute atomic E-state index is 12.6. The first-order valence-electron chi connectivity index (χ1n) is 8.63. The number of hydrogen-bond acceptors (Lipinski definition) is 4. The number of hydrogen-bond donors (Lipinski definition) is 1. The van der Waals surface area contributed by atoms with Crippen LogP contribution in [0.4, 0.5) is 0 Å². The molecule has 0 saturated carbocycles. The summed E-state index contributed by atoms with van der Waals surface area (Å²) in [6.45, 7) is 1.86. The van der Waals surface area contributed by atoms with Crippen molar-refractivity contribution < 1.29 is 9.32 Å². The summed E-state index contributed by atoms with van der Waals surface area (Å²) < 4.78 is 6.66. The van der Waals surface area contributed by atoms with Crippen LogP contribution >= 0.6 is 0 Å². The van der Waals surface area contributed by atoms with E-state index in [0.717, 1.165) is 16.9 Å². The highest BCUT2D eigenvalue weighted by Crippen LogP contribution is 2.22. The summed E-state index contributed by atoms with van der Waals surface area (Å²) in [6.07, 6.45) is 3.24. The molecule has 2 heterocycles. The van der Waals surface area contributed by atoms with Crippen molar-refractivity contribution in [2.75, 3.05) is 0 Å². The van der Waals surface area contributed by atoms with Gasteiger partial charge in [0.05, 0.1) is 23.6 Å². The lowest BCUT2D eigenvalue weighted by atomic mass is 10.1. The average molecular weight is 358 g/mol. The highest BCUT2D eigenvalue weighted by atomic mass is 16.5. The summed E-state index contributed by atoms with van der Waals surface area (Å²) in [4.78, 5) is 12.6. The molecule has 27 heavy (non-hydrogen) atoms. The number of nitrogens with one attached hydrogen (secondary N) is 1. The topological polar surface area (TPSA) is 73.0 Å². The maximum Gasteiger partial charge on any atom is 0.251 e. The van der Waals surface area contributed by atoms with Crippen molar-refractivity contribution in [1.82, 2.24) is 20.3 Å². The van der Waals surface area contributed by atoms with E-state index >= 15 is 0 Å². The fraction of sp³-hybridized carbons (Fsp3) is 0.0952. The molecule has 4 aromatic rings. The molecule has 0 radical (unpaired) electrons. The molecule has 134 valence electrons. The molecule has 0 aliphatic rings. The highest BCUT2D eigenvalue weighted by molar-refractivity contribution is 5.95. The Morgan fingerprint density at radius 1 is 1.07 bits per heavy atom. The van der Waals surface area contributed by atoms with E-state index in [-0.39, 0.29) is 11.9 Å². The van der Waals surface area contributed by atoms with Crippen molar-refractivity contribution in [3.8, 4) is 16.9 Å². The minimum atomic E-state index is -0.246. The predicted molar refractivity (Wildman–Crippen MR) is 101 cm³/mol. The van der Waals surface area contributed by atoms with E-state index in [0.29, 0.717) is 11.3 Å². The summed E-state index contributed by atoms with van der Waals surface area (Å²) in [6, 6.07) is 20.8. The fourth-order valence-corrected chi connectivity index (χ4v) is 2.91. The van der Waals surface area contributed by atoms with Crippen molar-refractivity contribution in [2.45, 2.75) is 13.0 Å². The first-order valence-corrected chi connectivity index (χ1v) is 8.63. The van der Waals surface area contributed by atoms with Gasteiger partial charge >= 0.3 is 0 Å². The van der Waals surface area contributed by atoms with Crippen LogP contribution in [-0.4, -0.2) is 20.8 Å². The van der Waals surface area contributed by atoms with Crippen molar-refractivity contribution in [3.63, 3.8) is 0 Å². The average Bonchev–Trinajstić information content (AvgIpc) is 3.41. The lowest BCUT2D eigenvalue weighted by Gasteiger charge is -2.12. The first-order chi connectivity index (χ1) is 13.2. The van der Waals surface area contributed by atoms with Crippen LogP contribution in [0.1, 0.15) is 29.0 Å². The molecule has 0 fully saturated rings. The molecule has 6 heteroatoms. The van der Waals surface area contributed by atoms with Crippen LogP contribution in [0, 0.1) is 0 Å². The number of carbonyl (C=O) groups excluding carboxylic acids is 1. The van der Waals surface area contributed by atoms with Gasteiger partial charge in [-0.05, 0) is 31.2 Å². The van der Waals surface area contributed by atoms with Crippen LogP contribution in [0.15, 0.2) is 83.7 Å². The molecule has 1 amide bonds. The van der Waals surface area contributed by atoms with Gasteiger partial charge in [-0.1, -0.05) is 41.6 Å². The molecule has 1 unspecified atom stereocenters. The minimum Gasteiger partial charge on any atom is -0.364 e. The Morgan fingerprint density at radius 3 is 2.70 bits per heavy atom. The first kappa shape index (κ1) is 16.8. The van der Waals surface area contributed by atoms with Crippen LogP contribution in [0.25, 0.3) is 16.9 Å². The molecule has 0 saturated heterocycles. The third-order valence-corrected chi connectivity index (χ3v) is 4.31. The third kappa shape index (κ3) is 3.50. The molecule has 1 N–H and O–H groups in total. The summed E-state index contributed by atoms with van der Waals surface area (Å²) in [5.74, 6) is -0.180. The van der Waals surface area contributed by atoms with Gasteiger partial charge in [0.1, 0.15) is 12.0 Å². The molecule has 0 aliphatic heterocycles. The van der Waals surface area contributed by atoms with E-state index in [1.54, 1.807) is 18.3 Å². The van der Waals surface area contributed by atoms with Crippen LogP contribution in [0.2, 0.25) is 0 Å². The van der Waals surface area contributed by atoms with Gasteiger partial charge in [-0.2, -0.15) is 5.10 Å². The van der Waals surface area contributed by atoms with Crippen molar-refractivity contribution in [1.29, 1.82) is 0 Å². The molecule has 0 spiro atoms. The second kappa shape index (κ2) is 7.29. The molecule has 2 aromatic heterocycles. The van der Waals surface area contributed by atoms with Crippen molar-refractivity contribution >= 4 is 5.91 Å². The van der Waals surface area contributed by atoms with Gasteiger partial charge in [-0.3, -0.25) is 4.79 Å². The molecule has 1 atom stereocenters. The van der Waals surface area contributed by atoms with Crippen molar-refractivity contribution in [3.05, 3.63) is 90.4 Å². The zero-order valence-corrected chi connectivity index (χ0v) is 14.7. The maximum atomic E-state index is 12.6. The molecule has 4 rings (SSSR count). The molecular weight excluding hydrogens is 340 g/mol. The highest BCUT2D eigenvalue weighted by Gasteiger charge is 2.15. The standard InChI is InChI=1S/C21H18N4O2/c1-15(19-11-13-27-24-19)23-21(26)17-8-5-9-18(14-17)25-20(10-12-22-25)16-6-3-2-4-7-16/h2-15H,1H3,(H,23,26). The van der Waals surface area contributed by atoms with Gasteiger partial charge in [0.15, 0.2) is 0 Å². The Morgan fingerprint density at radius 2 is 1.93 bits per heavy atom. The summed E-state index contributed by atoms with van der Waals surface area (Å²) >= 11 is 0. The van der Waals surface area contributed by atoms with Crippen LogP contribution in [0.3, 0.4) is 0 Å². The summed E-state index contributed by atoms with van der Waals surface area (Å²) in [5, 5.41) is 11.2. The lowest BCUT2D eigenvalue weighted by molar-refractivity contribution is 0.0938. The molecule has 0 bridgehead atoms. The zero-order valence-electron chi connectivity index (χ0n) is 14.7. The number of amides is 1. The Hall–Kier alpha value is -3.67. The number of benzene rings is 2.